The fourth-order valence-electron chi connectivity index (χ4n) is 3.28. The largest absolute Gasteiger partial charge is 0.391 e. The molecule has 0 unspecified atom stereocenters. The summed E-state index contributed by atoms with van der Waals surface area (Å²) < 4.78 is 2.16. The van der Waals surface area contributed by atoms with Gasteiger partial charge in [0.25, 0.3) is 0 Å². The number of benzene rings is 3. The molecule has 0 amide bonds. The van der Waals surface area contributed by atoms with Gasteiger partial charge in [0, 0.05) is 39.8 Å². The number of fused-ring (bicyclic) bond motifs is 1. The van der Waals surface area contributed by atoms with Crippen LogP contribution in [0.2, 0.25) is 5.02 Å². The predicted molar refractivity (Wildman–Crippen MR) is 116 cm³/mol. The highest BCUT2D eigenvalue weighted by atomic mass is 35.5. The van der Waals surface area contributed by atoms with Crippen LogP contribution in [0.15, 0.2) is 84.1 Å². The van der Waals surface area contributed by atoms with Crippen LogP contribution >= 0.6 is 11.6 Å². The standard InChI is InChI=1S/C24H18ClN3O/c25-23-11-5-3-8-19(23)15-28-16-21(22-10-4-6-12-24(22)28)14-27-29-17-20-9-2-1-7-18(20)13-26/h1-12,14,16H,15,17H2/b27-14-. The van der Waals surface area contributed by atoms with Gasteiger partial charge >= 0.3 is 0 Å². The molecule has 0 N–H and O–H groups in total. The summed E-state index contributed by atoms with van der Waals surface area (Å²) in [5, 5.41) is 15.1. The minimum Gasteiger partial charge on any atom is -0.391 e. The topological polar surface area (TPSA) is 50.3 Å². The average molecular weight is 400 g/mol. The van der Waals surface area contributed by atoms with Gasteiger partial charge in [0.2, 0.25) is 0 Å². The van der Waals surface area contributed by atoms with Crippen molar-refractivity contribution in [2.45, 2.75) is 13.2 Å². The van der Waals surface area contributed by atoms with Crippen molar-refractivity contribution in [3.05, 3.63) is 106 Å². The van der Waals surface area contributed by atoms with Crippen LogP contribution in [0.5, 0.6) is 0 Å². The zero-order valence-electron chi connectivity index (χ0n) is 15.6. The number of oxime groups is 1. The highest BCUT2D eigenvalue weighted by molar-refractivity contribution is 6.31. The maximum atomic E-state index is 9.16. The number of nitriles is 1. The molecule has 0 aliphatic carbocycles. The summed E-state index contributed by atoms with van der Waals surface area (Å²) in [5.74, 6) is 0. The van der Waals surface area contributed by atoms with Crippen LogP contribution < -0.4 is 0 Å². The molecule has 29 heavy (non-hydrogen) atoms. The Hall–Kier alpha value is -3.55. The number of hydrogen-bond donors (Lipinski definition) is 0. The average Bonchev–Trinajstić information content (AvgIpc) is 3.11. The Morgan fingerprint density at radius 1 is 0.966 bits per heavy atom. The maximum Gasteiger partial charge on any atom is 0.143 e. The molecule has 0 spiro atoms. The van der Waals surface area contributed by atoms with Crippen LogP contribution in [0.4, 0.5) is 0 Å². The third kappa shape index (κ3) is 4.16. The van der Waals surface area contributed by atoms with Gasteiger partial charge in [0.15, 0.2) is 0 Å². The van der Waals surface area contributed by atoms with Gasteiger partial charge in [0.05, 0.1) is 17.8 Å². The zero-order valence-corrected chi connectivity index (χ0v) is 16.4. The lowest BCUT2D eigenvalue weighted by atomic mass is 10.1. The fourth-order valence-corrected chi connectivity index (χ4v) is 3.47. The zero-order chi connectivity index (χ0) is 20.1. The Morgan fingerprint density at radius 2 is 1.69 bits per heavy atom. The summed E-state index contributed by atoms with van der Waals surface area (Å²) >= 11 is 6.33. The maximum absolute atomic E-state index is 9.16. The second-order valence-corrected chi connectivity index (χ2v) is 7.00. The Balaban J connectivity index is 1.56. The van der Waals surface area contributed by atoms with E-state index in [4.69, 9.17) is 21.7 Å². The SMILES string of the molecule is N#Cc1ccccc1CO/N=C\c1cn(Cc2ccccc2Cl)c2ccccc12. The monoisotopic (exact) mass is 399 g/mol. The molecule has 0 radical (unpaired) electrons. The molecule has 0 fully saturated rings. The molecular weight excluding hydrogens is 382 g/mol. The normalized spacial score (nSPS) is 11.0. The van der Waals surface area contributed by atoms with Crippen LogP contribution in [0.3, 0.4) is 0 Å². The highest BCUT2D eigenvalue weighted by Gasteiger charge is 2.09. The van der Waals surface area contributed by atoms with E-state index in [0.29, 0.717) is 12.1 Å². The van der Waals surface area contributed by atoms with Crippen LogP contribution in [0.1, 0.15) is 22.3 Å². The van der Waals surface area contributed by atoms with Gasteiger partial charge in [-0.25, -0.2) is 0 Å². The van der Waals surface area contributed by atoms with E-state index in [1.807, 2.05) is 60.8 Å². The molecule has 0 aliphatic rings. The van der Waals surface area contributed by atoms with E-state index in [2.05, 4.69) is 27.9 Å². The summed E-state index contributed by atoms with van der Waals surface area (Å²) in [4.78, 5) is 5.45. The molecule has 0 saturated carbocycles. The first kappa shape index (κ1) is 18.8. The van der Waals surface area contributed by atoms with E-state index in [1.54, 1.807) is 12.3 Å². The Morgan fingerprint density at radius 3 is 2.52 bits per heavy atom. The minimum absolute atomic E-state index is 0.249. The molecule has 4 rings (SSSR count). The van der Waals surface area contributed by atoms with Gasteiger partial charge in [-0.1, -0.05) is 71.4 Å². The highest BCUT2D eigenvalue weighted by Crippen LogP contribution is 2.23. The number of hydrogen-bond acceptors (Lipinski definition) is 3. The summed E-state index contributed by atoms with van der Waals surface area (Å²) in [6.45, 7) is 0.920. The molecule has 3 aromatic carbocycles. The smallest absolute Gasteiger partial charge is 0.143 e. The Bertz CT molecular complexity index is 1220. The van der Waals surface area contributed by atoms with Gasteiger partial charge in [-0.15, -0.1) is 0 Å². The number of rotatable bonds is 6. The predicted octanol–water partition coefficient (Wildman–Crippen LogP) is 5.77. The molecule has 5 heteroatoms. The first-order valence-electron chi connectivity index (χ1n) is 9.21. The minimum atomic E-state index is 0.249. The van der Waals surface area contributed by atoms with Gasteiger partial charge < -0.3 is 9.40 Å². The Labute approximate surface area is 174 Å². The van der Waals surface area contributed by atoms with Crippen molar-refractivity contribution in [2.75, 3.05) is 0 Å². The van der Waals surface area contributed by atoms with Crippen molar-refractivity contribution in [3.63, 3.8) is 0 Å². The molecule has 0 atom stereocenters. The summed E-state index contributed by atoms with van der Waals surface area (Å²) in [6, 6.07) is 25.5. The summed E-state index contributed by atoms with van der Waals surface area (Å²) in [6.07, 6.45) is 3.75. The van der Waals surface area contributed by atoms with Crippen molar-refractivity contribution in [2.24, 2.45) is 5.16 Å². The van der Waals surface area contributed by atoms with Gasteiger partial charge in [0.1, 0.15) is 6.61 Å². The molecule has 4 aromatic rings. The van der Waals surface area contributed by atoms with Gasteiger partial charge in [-0.05, 0) is 23.8 Å². The van der Waals surface area contributed by atoms with Crippen LogP contribution in [-0.2, 0) is 18.0 Å². The van der Waals surface area contributed by atoms with Gasteiger partial charge in [-0.2, -0.15) is 5.26 Å². The number of para-hydroxylation sites is 1. The Kier molecular flexibility index (Phi) is 5.60. The van der Waals surface area contributed by atoms with E-state index in [9.17, 15) is 0 Å². The number of nitrogens with zero attached hydrogens (tertiary/aromatic N) is 3. The molecule has 4 nitrogen and oxygen atoms in total. The first-order valence-corrected chi connectivity index (χ1v) is 9.58. The van der Waals surface area contributed by atoms with Crippen molar-refractivity contribution >= 4 is 28.7 Å². The van der Waals surface area contributed by atoms with Crippen molar-refractivity contribution in [1.29, 1.82) is 5.26 Å². The summed E-state index contributed by atoms with van der Waals surface area (Å²) in [5.41, 5.74) is 4.53. The quantitative estimate of drug-likeness (QED) is 0.305. The van der Waals surface area contributed by atoms with Crippen molar-refractivity contribution in [1.82, 2.24) is 4.57 Å². The van der Waals surface area contributed by atoms with E-state index < -0.39 is 0 Å². The fraction of sp³-hybridized carbons (Fsp3) is 0.0833. The lowest BCUT2D eigenvalue weighted by Gasteiger charge is -2.07. The summed E-state index contributed by atoms with van der Waals surface area (Å²) in [7, 11) is 0. The van der Waals surface area contributed by atoms with E-state index in [1.165, 1.54) is 0 Å². The van der Waals surface area contributed by atoms with Crippen molar-refractivity contribution in [3.8, 4) is 6.07 Å². The van der Waals surface area contributed by atoms with Crippen LogP contribution in [-0.4, -0.2) is 10.8 Å². The molecule has 142 valence electrons. The molecule has 0 aliphatic heterocycles. The van der Waals surface area contributed by atoms with Crippen LogP contribution in [0.25, 0.3) is 10.9 Å². The lowest BCUT2D eigenvalue weighted by Crippen LogP contribution is -1.98. The van der Waals surface area contributed by atoms with Crippen molar-refractivity contribution < 1.29 is 4.84 Å². The molecule has 1 aromatic heterocycles. The molecule has 0 saturated heterocycles. The third-order valence-corrected chi connectivity index (χ3v) is 5.11. The van der Waals surface area contributed by atoms with Gasteiger partial charge in [-0.3, -0.25) is 0 Å². The van der Waals surface area contributed by atoms with E-state index in [0.717, 1.165) is 32.6 Å². The first-order chi connectivity index (χ1) is 14.3. The molecule has 1 heterocycles. The second kappa shape index (κ2) is 8.64. The third-order valence-electron chi connectivity index (χ3n) is 4.74. The van der Waals surface area contributed by atoms with E-state index >= 15 is 0 Å². The van der Waals surface area contributed by atoms with E-state index in [-0.39, 0.29) is 6.61 Å². The molecule has 0 bridgehead atoms. The lowest BCUT2D eigenvalue weighted by molar-refractivity contribution is 0.132. The second-order valence-electron chi connectivity index (χ2n) is 6.60. The number of aromatic nitrogens is 1. The molecular formula is C24H18ClN3O. The van der Waals surface area contributed by atoms with Crippen LogP contribution in [0, 0.1) is 11.3 Å². The number of halogens is 1.